The molecule has 8 heteroatoms. The molecule has 2 aromatic carbocycles. The first-order chi connectivity index (χ1) is 17.3. The van der Waals surface area contributed by atoms with Gasteiger partial charge in [0.15, 0.2) is 0 Å². The van der Waals surface area contributed by atoms with Gasteiger partial charge in [0.2, 0.25) is 0 Å². The minimum Gasteiger partial charge on any atom is -0.493 e. The zero-order valence-corrected chi connectivity index (χ0v) is 20.8. The molecular formula is C28H34F3N3O2. The molecule has 0 amide bonds. The van der Waals surface area contributed by atoms with Crippen LogP contribution in [0.1, 0.15) is 43.1 Å². The van der Waals surface area contributed by atoms with Gasteiger partial charge >= 0.3 is 0 Å². The number of alkyl halides is 2. The van der Waals surface area contributed by atoms with Gasteiger partial charge in [-0.1, -0.05) is 24.3 Å². The van der Waals surface area contributed by atoms with E-state index in [-0.39, 0.29) is 12.6 Å². The number of aromatic nitrogens is 1. The normalized spacial score (nSPS) is 22.8. The largest absolute Gasteiger partial charge is 0.493 e. The lowest BCUT2D eigenvalue weighted by Crippen LogP contribution is -2.49. The third-order valence-electron chi connectivity index (χ3n) is 7.62. The Kier molecular flexibility index (Phi) is 7.03. The number of ether oxygens (including phenoxy) is 1. The monoisotopic (exact) mass is 501 g/mol. The Morgan fingerprint density at radius 2 is 1.97 bits per heavy atom. The Bertz CT molecular complexity index is 1210. The maximum absolute atomic E-state index is 15.6. The summed E-state index contributed by atoms with van der Waals surface area (Å²) < 4.78 is 49.1. The molecule has 3 atom stereocenters. The molecule has 0 radical (unpaired) electrons. The van der Waals surface area contributed by atoms with Crippen molar-refractivity contribution < 1.29 is 23.0 Å². The zero-order valence-electron chi connectivity index (χ0n) is 20.8. The molecule has 0 bridgehead atoms. The molecule has 2 aliphatic heterocycles. The third-order valence-corrected chi connectivity index (χ3v) is 7.62. The Morgan fingerprint density at radius 1 is 1.19 bits per heavy atom. The van der Waals surface area contributed by atoms with Crippen molar-refractivity contribution in [2.75, 3.05) is 39.6 Å². The van der Waals surface area contributed by atoms with Crippen LogP contribution in [0.15, 0.2) is 42.5 Å². The SMILES string of the molecule is C[C@@H]1Cc2c([nH]c3ccccc23)[C@@H](c2ccc(OCCC3CN(CF)C3)cc2F)N1CC(C)(F)CO. The number of likely N-dealkylation sites (tertiary alicyclic amines) is 1. The van der Waals surface area contributed by atoms with Crippen molar-refractivity contribution in [2.24, 2.45) is 5.92 Å². The van der Waals surface area contributed by atoms with Crippen LogP contribution in [0, 0.1) is 11.7 Å². The standard InChI is InChI=1S/C28H34F3N3O2/c1-18-11-23-21-5-3-4-6-25(21)32-26(23)27(34(18)15-28(2,31)16-35)22-8-7-20(12-24(22)30)36-10-9-19-13-33(14-19)17-29/h3-8,12,18-19,27,32,35H,9-11,13-17H2,1-2H3/t18-,27-,28?/m1/s1. The predicted octanol–water partition coefficient (Wildman–Crippen LogP) is 4.99. The Morgan fingerprint density at radius 3 is 2.69 bits per heavy atom. The molecule has 0 aliphatic carbocycles. The summed E-state index contributed by atoms with van der Waals surface area (Å²) in [6.07, 6.45) is 1.49. The number of halogens is 3. The van der Waals surface area contributed by atoms with E-state index >= 15 is 8.78 Å². The van der Waals surface area contributed by atoms with E-state index in [4.69, 9.17) is 4.74 Å². The van der Waals surface area contributed by atoms with Crippen LogP contribution in [-0.4, -0.2) is 71.2 Å². The van der Waals surface area contributed by atoms with Crippen LogP contribution < -0.4 is 4.74 Å². The van der Waals surface area contributed by atoms with Gasteiger partial charge in [0.25, 0.3) is 0 Å². The van der Waals surface area contributed by atoms with Gasteiger partial charge in [-0.05, 0) is 50.3 Å². The molecule has 5 rings (SSSR count). The molecule has 0 spiro atoms. The smallest absolute Gasteiger partial charge is 0.143 e. The number of aliphatic hydroxyl groups is 1. The predicted molar refractivity (Wildman–Crippen MR) is 134 cm³/mol. The number of nitrogens with one attached hydrogen (secondary N) is 1. The first kappa shape index (κ1) is 25.1. The van der Waals surface area contributed by atoms with E-state index in [1.807, 2.05) is 30.0 Å². The second kappa shape index (κ2) is 10.1. The number of hydrogen-bond acceptors (Lipinski definition) is 4. The number of hydrogen-bond donors (Lipinski definition) is 2. The van der Waals surface area contributed by atoms with Gasteiger partial charge in [-0.3, -0.25) is 9.80 Å². The van der Waals surface area contributed by atoms with Crippen molar-refractivity contribution >= 4 is 10.9 Å². The van der Waals surface area contributed by atoms with Crippen LogP contribution in [-0.2, 0) is 6.42 Å². The van der Waals surface area contributed by atoms with Crippen molar-refractivity contribution in [1.82, 2.24) is 14.8 Å². The quantitative estimate of drug-likeness (QED) is 0.406. The van der Waals surface area contributed by atoms with Crippen LogP contribution in [0.5, 0.6) is 5.75 Å². The molecule has 0 saturated carbocycles. The summed E-state index contributed by atoms with van der Waals surface area (Å²) in [7, 11) is 0. The topological polar surface area (TPSA) is 51.7 Å². The lowest BCUT2D eigenvalue weighted by atomic mass is 9.87. The fraction of sp³-hybridized carbons (Fsp3) is 0.500. The Balaban J connectivity index is 1.43. The number of fused-ring (bicyclic) bond motifs is 3. The maximum Gasteiger partial charge on any atom is 0.143 e. The van der Waals surface area contributed by atoms with Crippen LogP contribution in [0.2, 0.25) is 0 Å². The van der Waals surface area contributed by atoms with Gasteiger partial charge in [-0.2, -0.15) is 0 Å². The molecule has 1 saturated heterocycles. The highest BCUT2D eigenvalue weighted by atomic mass is 19.1. The molecule has 2 aliphatic rings. The van der Waals surface area contributed by atoms with Crippen LogP contribution in [0.3, 0.4) is 0 Å². The van der Waals surface area contributed by atoms with E-state index in [1.54, 1.807) is 17.0 Å². The van der Waals surface area contributed by atoms with Gasteiger partial charge < -0.3 is 14.8 Å². The molecule has 194 valence electrons. The first-order valence-corrected chi connectivity index (χ1v) is 12.6. The Hall–Kier alpha value is -2.55. The number of H-pyrrole nitrogens is 1. The average Bonchev–Trinajstić information content (AvgIpc) is 3.19. The lowest BCUT2D eigenvalue weighted by Gasteiger charge is -2.43. The second-order valence-electron chi connectivity index (χ2n) is 10.6. The van der Waals surface area contributed by atoms with E-state index in [9.17, 15) is 9.50 Å². The molecule has 3 heterocycles. The van der Waals surface area contributed by atoms with Crippen molar-refractivity contribution in [3.63, 3.8) is 0 Å². The van der Waals surface area contributed by atoms with Gasteiger partial charge in [-0.15, -0.1) is 0 Å². The van der Waals surface area contributed by atoms with Crippen LogP contribution in [0.4, 0.5) is 13.2 Å². The molecule has 1 aromatic heterocycles. The maximum atomic E-state index is 15.6. The summed E-state index contributed by atoms with van der Waals surface area (Å²) in [5, 5.41) is 10.7. The van der Waals surface area contributed by atoms with Crippen molar-refractivity contribution in [1.29, 1.82) is 0 Å². The lowest BCUT2D eigenvalue weighted by molar-refractivity contribution is 0.0169. The molecule has 3 aromatic rings. The highest BCUT2D eigenvalue weighted by Crippen LogP contribution is 2.42. The summed E-state index contributed by atoms with van der Waals surface area (Å²) in [5.41, 5.74) is 1.56. The summed E-state index contributed by atoms with van der Waals surface area (Å²) >= 11 is 0. The molecule has 2 N–H and O–H groups in total. The number of nitrogens with zero attached hydrogens (tertiary/aromatic N) is 2. The third kappa shape index (κ3) is 4.86. The van der Waals surface area contributed by atoms with Crippen molar-refractivity contribution in [3.8, 4) is 5.75 Å². The fourth-order valence-electron chi connectivity index (χ4n) is 5.64. The number of aromatic amines is 1. The van der Waals surface area contributed by atoms with Gasteiger partial charge in [0.05, 0.1) is 19.3 Å². The zero-order chi connectivity index (χ0) is 25.4. The van der Waals surface area contributed by atoms with Crippen molar-refractivity contribution in [2.45, 2.75) is 44.4 Å². The van der Waals surface area contributed by atoms with Gasteiger partial charge in [0.1, 0.15) is 24.0 Å². The van der Waals surface area contributed by atoms with Crippen molar-refractivity contribution in [3.05, 3.63) is 65.1 Å². The molecule has 5 nitrogen and oxygen atoms in total. The second-order valence-corrected chi connectivity index (χ2v) is 10.6. The molecule has 1 fully saturated rings. The van der Waals surface area contributed by atoms with E-state index in [1.165, 1.54) is 13.0 Å². The average molecular weight is 502 g/mol. The highest BCUT2D eigenvalue weighted by Gasteiger charge is 2.40. The van der Waals surface area contributed by atoms with E-state index in [0.29, 0.717) is 30.3 Å². The molecular weight excluding hydrogens is 467 g/mol. The fourth-order valence-corrected chi connectivity index (χ4v) is 5.64. The van der Waals surface area contributed by atoms with E-state index in [0.717, 1.165) is 41.7 Å². The number of rotatable bonds is 9. The number of benzene rings is 2. The van der Waals surface area contributed by atoms with E-state index < -0.39 is 30.9 Å². The summed E-state index contributed by atoms with van der Waals surface area (Å²) in [4.78, 5) is 7.15. The Labute approximate surface area is 209 Å². The molecule has 1 unspecified atom stereocenters. The minimum absolute atomic E-state index is 0.0287. The summed E-state index contributed by atoms with van der Waals surface area (Å²) in [6, 6.07) is 12.3. The van der Waals surface area contributed by atoms with Crippen LogP contribution >= 0.6 is 0 Å². The first-order valence-electron chi connectivity index (χ1n) is 12.6. The van der Waals surface area contributed by atoms with Gasteiger partial charge in [0, 0.05) is 53.9 Å². The highest BCUT2D eigenvalue weighted by molar-refractivity contribution is 5.85. The minimum atomic E-state index is -1.82. The molecule has 36 heavy (non-hydrogen) atoms. The van der Waals surface area contributed by atoms with E-state index in [2.05, 4.69) is 11.1 Å². The summed E-state index contributed by atoms with van der Waals surface area (Å²) in [5.74, 6) is 0.429. The summed E-state index contributed by atoms with van der Waals surface area (Å²) in [6.45, 7) is 4.25. The van der Waals surface area contributed by atoms with Crippen LogP contribution in [0.25, 0.3) is 10.9 Å². The number of para-hydroxylation sites is 1. The van der Waals surface area contributed by atoms with Gasteiger partial charge in [-0.25, -0.2) is 13.2 Å². The number of aliphatic hydroxyl groups excluding tert-OH is 1.